The molecule has 46 atom stereocenters. The van der Waals surface area contributed by atoms with Gasteiger partial charge in [-0.3, -0.25) is 0 Å². The van der Waals surface area contributed by atoms with Crippen molar-refractivity contribution in [2.24, 2.45) is 29.4 Å². The van der Waals surface area contributed by atoms with E-state index in [0.29, 0.717) is 0 Å². The lowest BCUT2D eigenvalue weighted by molar-refractivity contribution is -0.399. The van der Waals surface area contributed by atoms with E-state index in [4.69, 9.17) is 86.3 Å². The summed E-state index contributed by atoms with van der Waals surface area (Å²) < 4.78 is 101. The molecule has 0 aliphatic carbocycles. The van der Waals surface area contributed by atoms with E-state index in [9.17, 15) is 132 Å². The van der Waals surface area contributed by atoms with E-state index in [-0.39, 0.29) is 0 Å². The summed E-state index contributed by atoms with van der Waals surface area (Å²) in [5.74, 6) is -9.10. The second-order valence-corrected chi connectivity index (χ2v) is 28.6. The molecule has 618 valence electrons. The van der Waals surface area contributed by atoms with Crippen molar-refractivity contribution in [2.75, 3.05) is 59.5 Å². The van der Waals surface area contributed by atoms with Crippen LogP contribution in [0.1, 0.15) is 41.0 Å². The van der Waals surface area contributed by atoms with Crippen LogP contribution in [-0.4, -0.2) is 450 Å². The van der Waals surface area contributed by atoms with Crippen molar-refractivity contribution in [3.8, 4) is 0 Å². The van der Waals surface area contributed by atoms with Gasteiger partial charge in [0.05, 0.1) is 102 Å². The van der Waals surface area contributed by atoms with Crippen molar-refractivity contribution in [2.45, 2.75) is 298 Å². The van der Waals surface area contributed by atoms with E-state index in [1.165, 1.54) is 20.8 Å². The number of aliphatic hydroxyl groups is 24. The first kappa shape index (κ1) is 87.8. The highest BCUT2D eigenvalue weighted by molar-refractivity contribution is 5.76. The van der Waals surface area contributed by atoms with Crippen molar-refractivity contribution >= 4 is 5.97 Å². The van der Waals surface area contributed by atoms with Gasteiger partial charge in [-0.05, 0) is 6.92 Å². The molecule has 9 heterocycles. The number of rotatable bonds is 28. The van der Waals surface area contributed by atoms with Gasteiger partial charge in [0.15, 0.2) is 44.0 Å². The molecule has 0 saturated carbocycles. The maximum absolute atomic E-state index is 12.7. The first-order valence-corrected chi connectivity index (χ1v) is 35.0. The van der Waals surface area contributed by atoms with Crippen LogP contribution in [0.5, 0.6) is 0 Å². The molecule has 0 spiro atoms. The number of aliphatic carboxylic acids is 1. The molecule has 106 heavy (non-hydrogen) atoms. The van der Waals surface area contributed by atoms with Gasteiger partial charge >= 0.3 is 5.97 Å². The first-order chi connectivity index (χ1) is 50.1. The summed E-state index contributed by atoms with van der Waals surface area (Å²) in [4.78, 5) is 12.7. The quantitative estimate of drug-likeness (QED) is 0.0346. The highest BCUT2D eigenvalue weighted by Crippen LogP contribution is 2.42. The van der Waals surface area contributed by atoms with Crippen LogP contribution >= 0.6 is 0 Å². The molecule has 9 rings (SSSR count). The molecule has 44 nitrogen and oxygen atoms in total. The minimum absolute atomic E-state index is 0.526. The summed E-state index contributed by atoms with van der Waals surface area (Å²) in [6, 6.07) is -1.55. The summed E-state index contributed by atoms with van der Waals surface area (Å²) in [7, 11) is 0. The lowest BCUT2D eigenvalue weighted by Crippen LogP contribution is -2.68. The van der Waals surface area contributed by atoms with Crippen LogP contribution in [0.15, 0.2) is 0 Å². The fraction of sp³-hybridized carbons (Fsp3) is 0.984. The molecule has 18 unspecified atom stereocenters. The normalized spacial score (nSPS) is 51.9. The SMILES string of the molecule is CC1C(O)[C@H](OC2OC(CO[C@]3(C(=O)O)C[C@@H](O)[C@@H](N)C([C@H](O)[C@H](O)CO)O3)[C@H](O)[C@H](O)C2O)[C@H](CO)O[C@H]1O[C@@H]1C(O)[C@H](O)C(CO)O[C@@H]1OCC1O[C@@H](O[C@@H]2C(CO)O[C@@H](O[C@@H]3C(CO)O[C@@H](C)[C@@H](C)C3O)[C@@H](C)C2O)[C@H](O)C(O[C@H]2O[C@H](CO)[C@@H](O)C(O)C2O[C@@H]2OC(CO)[C@@H](O)C(O)[C@@H]2C)[C@@H]1O. The van der Waals surface area contributed by atoms with Crippen molar-refractivity contribution in [3.05, 3.63) is 0 Å². The molecule has 9 aliphatic rings. The van der Waals surface area contributed by atoms with E-state index < -0.39 is 353 Å². The number of carboxylic acids is 1. The molecule has 44 heteroatoms. The summed E-state index contributed by atoms with van der Waals surface area (Å²) >= 11 is 0. The molecule has 0 amide bonds. The van der Waals surface area contributed by atoms with Crippen LogP contribution in [0, 0.1) is 23.7 Å². The second-order valence-electron chi connectivity index (χ2n) is 28.6. The molecule has 0 aromatic rings. The van der Waals surface area contributed by atoms with Crippen LogP contribution in [0.3, 0.4) is 0 Å². The number of nitrogens with two attached hydrogens (primary N) is 1. The van der Waals surface area contributed by atoms with Gasteiger partial charge in [0.1, 0.15) is 165 Å². The van der Waals surface area contributed by atoms with Gasteiger partial charge in [0.25, 0.3) is 5.79 Å². The van der Waals surface area contributed by atoms with Gasteiger partial charge in [-0.1, -0.05) is 27.7 Å². The predicted octanol–water partition coefficient (Wildman–Crippen LogP) is -15.3. The Balaban J connectivity index is 0.951. The monoisotopic (exact) mass is 1550 g/mol. The van der Waals surface area contributed by atoms with Gasteiger partial charge in [-0.15, -0.1) is 0 Å². The average molecular weight is 1550 g/mol. The average Bonchev–Trinajstić information content (AvgIpc) is 0.776. The van der Waals surface area contributed by atoms with Crippen LogP contribution < -0.4 is 5.73 Å². The molecule has 0 radical (unpaired) electrons. The maximum Gasteiger partial charge on any atom is 0.364 e. The van der Waals surface area contributed by atoms with Crippen LogP contribution in [0.2, 0.25) is 0 Å². The third kappa shape index (κ3) is 18.1. The lowest BCUT2D eigenvalue weighted by atomic mass is 9.88. The number of aliphatic hydroxyl groups excluding tert-OH is 24. The van der Waals surface area contributed by atoms with E-state index in [2.05, 4.69) is 0 Å². The Bertz CT molecular complexity index is 2690. The van der Waals surface area contributed by atoms with E-state index in [1.54, 1.807) is 13.8 Å². The summed E-state index contributed by atoms with van der Waals surface area (Å²) in [6.07, 6.45) is -74.2. The molecule has 0 aromatic heterocycles. The molecule has 0 aromatic carbocycles. The third-order valence-corrected chi connectivity index (χ3v) is 21.5. The number of hydrogen-bond acceptors (Lipinski definition) is 43. The van der Waals surface area contributed by atoms with Gasteiger partial charge in [0, 0.05) is 30.1 Å². The van der Waals surface area contributed by atoms with Gasteiger partial charge < -0.3 is 214 Å². The summed E-state index contributed by atoms with van der Waals surface area (Å²) in [6.45, 7) is -1.29. The number of hydrogen-bond donors (Lipinski definition) is 26. The zero-order valence-electron chi connectivity index (χ0n) is 58.2. The van der Waals surface area contributed by atoms with Crippen LogP contribution in [0.4, 0.5) is 0 Å². The largest absolute Gasteiger partial charge is 0.477 e. The van der Waals surface area contributed by atoms with Gasteiger partial charge in [0.2, 0.25) is 0 Å². The Hall–Kier alpha value is -2.21. The standard InChI is InChI=1S/C62H107NO43/c1-16-20(5)92-26(11-68)47(33(16)74)100-55-18(3)34(75)49(28(13-70)96-55)102-58-46(87)51(103-60-53(44(85)39(80)25(10-67)95-60)105-54-17(2)32(73)37(78)23(8-65)93-54)41(82)29(98-58)14-90-59-52(43(84)38(79)24(9-66)94-59)104-56-19(4)35(76)48(27(12-69)97-56)101-57-45(86)42(83)40(81)30(99-57)15-91-62(61(88)89)6-21(71)31(63)50(106-62)36(77)22(72)7-64/h16-60,64-87H,6-15,63H2,1-5H3,(H,88,89)/t16-,17+,18+,19?,20+,21-,22-,23?,24?,25-,26?,27+,28?,29?,30?,31-,32?,33?,34?,35?,36-,37-,38-,39-,40+,41-,42+,43?,44?,45?,46-,47-,48-,49-,50?,51?,52-,53?,54+,55+,56+,57?,58+,59+,60-,62-/m1/s1. The lowest BCUT2D eigenvalue weighted by Gasteiger charge is -2.50. The third-order valence-electron chi connectivity index (χ3n) is 21.5. The van der Waals surface area contributed by atoms with Crippen LogP contribution in [0.25, 0.3) is 0 Å². The minimum Gasteiger partial charge on any atom is -0.477 e. The first-order valence-electron chi connectivity index (χ1n) is 35.0. The van der Waals surface area contributed by atoms with Crippen molar-refractivity contribution in [3.63, 3.8) is 0 Å². The highest BCUT2D eigenvalue weighted by Gasteiger charge is 2.61. The Morgan fingerprint density at radius 1 is 0.387 bits per heavy atom. The number of ether oxygens (including phenoxy) is 17. The molecule has 9 saturated heterocycles. The maximum atomic E-state index is 12.7. The Morgan fingerprint density at radius 3 is 1.24 bits per heavy atom. The molecule has 9 aliphatic heterocycles. The Labute approximate surface area is 604 Å². The topological polar surface area (TPSA) is 706 Å². The van der Waals surface area contributed by atoms with E-state index in [1.807, 2.05) is 0 Å². The van der Waals surface area contributed by atoms with E-state index >= 15 is 0 Å². The zero-order valence-corrected chi connectivity index (χ0v) is 58.2. The fourth-order valence-corrected chi connectivity index (χ4v) is 14.4. The Kier molecular flexibility index (Phi) is 30.9. The molecule has 0 bridgehead atoms. The minimum atomic E-state index is -2.92. The van der Waals surface area contributed by atoms with Gasteiger partial charge in [-0.25, -0.2) is 4.79 Å². The van der Waals surface area contributed by atoms with Crippen LogP contribution in [-0.2, 0) is 85.3 Å². The smallest absolute Gasteiger partial charge is 0.364 e. The Morgan fingerprint density at radius 2 is 0.755 bits per heavy atom. The van der Waals surface area contributed by atoms with Crippen molar-refractivity contribution < 1.29 is 213 Å². The molecule has 9 fully saturated rings. The highest BCUT2D eigenvalue weighted by atomic mass is 16.8. The van der Waals surface area contributed by atoms with Gasteiger partial charge in [-0.2, -0.15) is 0 Å². The summed E-state index contributed by atoms with van der Waals surface area (Å²) in [5.41, 5.74) is 5.95. The number of carboxylic acid groups (broad SMARTS) is 1. The summed E-state index contributed by atoms with van der Waals surface area (Å²) in [5, 5.41) is 274. The number of carbonyl (C=O) groups is 1. The fourth-order valence-electron chi connectivity index (χ4n) is 14.4. The van der Waals surface area contributed by atoms with Crippen molar-refractivity contribution in [1.82, 2.24) is 0 Å². The second kappa shape index (κ2) is 37.4. The molecular weight excluding hydrogens is 1450 g/mol. The predicted molar refractivity (Wildman–Crippen MR) is 332 cm³/mol. The zero-order chi connectivity index (χ0) is 78.1. The molecule has 27 N–H and O–H groups in total. The van der Waals surface area contributed by atoms with E-state index in [0.717, 1.165) is 0 Å². The van der Waals surface area contributed by atoms with Crippen molar-refractivity contribution in [1.29, 1.82) is 0 Å². The molecular formula is C62H107NO43.